The fraction of sp³-hybridized carbons (Fsp3) is 0.562. The molecule has 1 N–H and O–H groups in total. The topological polar surface area (TPSA) is 55.8 Å². The van der Waals surface area contributed by atoms with Gasteiger partial charge in [0.2, 0.25) is 0 Å². The number of esters is 1. The van der Waals surface area contributed by atoms with Gasteiger partial charge in [-0.2, -0.15) is 0 Å². The van der Waals surface area contributed by atoms with Crippen molar-refractivity contribution in [3.8, 4) is 0 Å². The van der Waals surface area contributed by atoms with E-state index in [4.69, 9.17) is 9.47 Å². The Hall–Kier alpha value is -1.39. The molecule has 0 radical (unpaired) electrons. The number of unbranched alkanes of at least 4 members (excludes halogenated alkanes) is 1. The van der Waals surface area contributed by atoms with E-state index in [9.17, 15) is 9.90 Å². The van der Waals surface area contributed by atoms with Crippen molar-refractivity contribution >= 4 is 5.97 Å². The van der Waals surface area contributed by atoms with Crippen LogP contribution in [0.4, 0.5) is 0 Å². The summed E-state index contributed by atoms with van der Waals surface area (Å²) < 4.78 is 10.0. The van der Waals surface area contributed by atoms with Crippen molar-refractivity contribution < 1.29 is 19.4 Å². The van der Waals surface area contributed by atoms with Gasteiger partial charge in [0.25, 0.3) is 0 Å². The van der Waals surface area contributed by atoms with E-state index >= 15 is 0 Å². The summed E-state index contributed by atoms with van der Waals surface area (Å²) >= 11 is 0. The molecule has 1 rings (SSSR count). The van der Waals surface area contributed by atoms with Gasteiger partial charge in [0.1, 0.15) is 5.60 Å². The van der Waals surface area contributed by atoms with Crippen LogP contribution in [0.1, 0.15) is 31.7 Å². The number of methoxy groups -OCH3 is 2. The molecular weight excluding hydrogens is 256 g/mol. The van der Waals surface area contributed by atoms with E-state index in [2.05, 4.69) is 0 Å². The van der Waals surface area contributed by atoms with Crippen molar-refractivity contribution in [1.29, 1.82) is 0 Å². The van der Waals surface area contributed by atoms with E-state index < -0.39 is 17.5 Å². The van der Waals surface area contributed by atoms with Gasteiger partial charge in [-0.25, -0.2) is 0 Å². The largest absolute Gasteiger partial charge is 0.469 e. The molecule has 1 aromatic carbocycles. The van der Waals surface area contributed by atoms with Gasteiger partial charge in [-0.15, -0.1) is 0 Å². The monoisotopic (exact) mass is 280 g/mol. The van der Waals surface area contributed by atoms with Gasteiger partial charge in [0, 0.05) is 7.11 Å². The van der Waals surface area contributed by atoms with Crippen molar-refractivity contribution in [2.24, 2.45) is 5.92 Å². The second-order valence-corrected chi connectivity index (χ2v) is 4.94. The van der Waals surface area contributed by atoms with Crippen LogP contribution in [0, 0.1) is 5.92 Å². The van der Waals surface area contributed by atoms with Crippen molar-refractivity contribution in [2.45, 2.75) is 31.8 Å². The van der Waals surface area contributed by atoms with Crippen LogP contribution in [-0.2, 0) is 19.9 Å². The first-order valence-electron chi connectivity index (χ1n) is 6.94. The van der Waals surface area contributed by atoms with Gasteiger partial charge in [0.15, 0.2) is 0 Å². The molecule has 4 nitrogen and oxygen atoms in total. The zero-order valence-electron chi connectivity index (χ0n) is 12.5. The van der Waals surface area contributed by atoms with Crippen LogP contribution in [0.2, 0.25) is 0 Å². The Morgan fingerprint density at radius 3 is 2.45 bits per heavy atom. The molecular formula is C16H24O4. The molecule has 0 aliphatic carbocycles. The SMILES string of the molecule is CCCCC(C(=O)OC)C(O)(COC)c1ccccc1. The van der Waals surface area contributed by atoms with Crippen LogP contribution in [-0.4, -0.2) is 31.9 Å². The van der Waals surface area contributed by atoms with Crippen LogP contribution in [0.25, 0.3) is 0 Å². The maximum absolute atomic E-state index is 12.1. The van der Waals surface area contributed by atoms with Gasteiger partial charge in [-0.3, -0.25) is 4.79 Å². The normalized spacial score (nSPS) is 15.4. The predicted molar refractivity (Wildman–Crippen MR) is 77.2 cm³/mol. The average Bonchev–Trinajstić information content (AvgIpc) is 2.48. The maximum Gasteiger partial charge on any atom is 0.312 e. The Labute approximate surface area is 120 Å². The molecule has 2 atom stereocenters. The van der Waals surface area contributed by atoms with E-state index in [-0.39, 0.29) is 6.61 Å². The molecule has 1 aromatic rings. The quantitative estimate of drug-likeness (QED) is 0.743. The number of benzene rings is 1. The van der Waals surface area contributed by atoms with Crippen molar-refractivity contribution in [3.63, 3.8) is 0 Å². The minimum atomic E-state index is -1.36. The number of hydrogen-bond acceptors (Lipinski definition) is 4. The number of aliphatic hydroxyl groups is 1. The molecule has 0 aliphatic heterocycles. The summed E-state index contributed by atoms with van der Waals surface area (Å²) in [5.74, 6) is -1.03. The van der Waals surface area contributed by atoms with Gasteiger partial charge in [0.05, 0.1) is 19.6 Å². The number of carbonyl (C=O) groups excluding carboxylic acids is 1. The molecule has 20 heavy (non-hydrogen) atoms. The smallest absolute Gasteiger partial charge is 0.312 e. The highest BCUT2D eigenvalue weighted by Crippen LogP contribution is 2.34. The molecule has 0 amide bonds. The Balaban J connectivity index is 3.14. The van der Waals surface area contributed by atoms with Crippen LogP contribution < -0.4 is 0 Å². The third-order valence-corrected chi connectivity index (χ3v) is 3.55. The Bertz CT molecular complexity index is 404. The van der Waals surface area contributed by atoms with Crippen molar-refractivity contribution in [3.05, 3.63) is 35.9 Å². The molecule has 0 saturated carbocycles. The first kappa shape index (κ1) is 16.7. The van der Waals surface area contributed by atoms with E-state index in [1.54, 1.807) is 12.1 Å². The van der Waals surface area contributed by atoms with E-state index in [1.807, 2.05) is 25.1 Å². The third kappa shape index (κ3) is 3.81. The third-order valence-electron chi connectivity index (χ3n) is 3.55. The summed E-state index contributed by atoms with van der Waals surface area (Å²) in [6, 6.07) is 9.16. The van der Waals surface area contributed by atoms with Crippen LogP contribution in [0.15, 0.2) is 30.3 Å². The predicted octanol–water partition coefficient (Wildman–Crippen LogP) is 2.50. The summed E-state index contributed by atoms with van der Waals surface area (Å²) in [7, 11) is 2.86. The molecule has 4 heteroatoms. The van der Waals surface area contributed by atoms with Gasteiger partial charge in [-0.05, 0) is 12.0 Å². The molecule has 0 heterocycles. The number of hydrogen-bond donors (Lipinski definition) is 1. The molecule has 0 aliphatic rings. The standard InChI is InChI=1S/C16H24O4/c1-4-5-11-14(15(17)20-3)16(18,12-19-2)13-9-7-6-8-10-13/h6-10,14,18H,4-5,11-12H2,1-3H3. The highest BCUT2D eigenvalue weighted by Gasteiger charge is 2.43. The summed E-state index contributed by atoms with van der Waals surface area (Å²) in [4.78, 5) is 12.1. The van der Waals surface area contributed by atoms with Crippen molar-refractivity contribution in [1.82, 2.24) is 0 Å². The molecule has 0 aromatic heterocycles. The molecule has 0 bridgehead atoms. The lowest BCUT2D eigenvalue weighted by Gasteiger charge is -2.34. The first-order valence-corrected chi connectivity index (χ1v) is 6.94. The number of carbonyl (C=O) groups is 1. The second kappa shape index (κ2) is 8.02. The lowest BCUT2D eigenvalue weighted by Crippen LogP contribution is -2.44. The van der Waals surface area contributed by atoms with Gasteiger partial charge < -0.3 is 14.6 Å². The zero-order valence-corrected chi connectivity index (χ0v) is 12.5. The van der Waals surface area contributed by atoms with Gasteiger partial charge >= 0.3 is 5.97 Å². The van der Waals surface area contributed by atoms with Gasteiger partial charge in [-0.1, -0.05) is 50.1 Å². The average molecular weight is 280 g/mol. The molecule has 0 spiro atoms. The van der Waals surface area contributed by atoms with Crippen LogP contribution in [0.3, 0.4) is 0 Å². The highest BCUT2D eigenvalue weighted by molar-refractivity contribution is 5.74. The fourth-order valence-corrected chi connectivity index (χ4v) is 2.43. The maximum atomic E-state index is 12.1. The Morgan fingerprint density at radius 1 is 1.30 bits per heavy atom. The van der Waals surface area contributed by atoms with Crippen LogP contribution in [0.5, 0.6) is 0 Å². The molecule has 112 valence electrons. The lowest BCUT2D eigenvalue weighted by molar-refractivity contribution is -0.162. The van der Waals surface area contributed by atoms with E-state index in [0.717, 1.165) is 12.8 Å². The van der Waals surface area contributed by atoms with E-state index in [0.29, 0.717) is 12.0 Å². The first-order chi connectivity index (χ1) is 9.60. The second-order valence-electron chi connectivity index (χ2n) is 4.94. The minimum absolute atomic E-state index is 0.0560. The summed E-state index contributed by atoms with van der Waals surface area (Å²) in [6.45, 7) is 2.10. The summed E-state index contributed by atoms with van der Waals surface area (Å²) in [6.07, 6.45) is 2.36. The summed E-state index contributed by atoms with van der Waals surface area (Å²) in [5, 5.41) is 11.0. The summed E-state index contributed by atoms with van der Waals surface area (Å²) in [5.41, 5.74) is -0.688. The Morgan fingerprint density at radius 2 is 1.95 bits per heavy atom. The lowest BCUT2D eigenvalue weighted by atomic mass is 9.79. The minimum Gasteiger partial charge on any atom is -0.469 e. The molecule has 0 fully saturated rings. The Kier molecular flexibility index (Phi) is 6.68. The molecule has 0 saturated heterocycles. The number of ether oxygens (including phenoxy) is 2. The zero-order chi connectivity index (χ0) is 15.0. The fourth-order valence-electron chi connectivity index (χ4n) is 2.43. The van der Waals surface area contributed by atoms with Crippen molar-refractivity contribution in [2.75, 3.05) is 20.8 Å². The number of rotatable bonds is 8. The van der Waals surface area contributed by atoms with Crippen LogP contribution >= 0.6 is 0 Å². The highest BCUT2D eigenvalue weighted by atomic mass is 16.5. The van der Waals surface area contributed by atoms with E-state index in [1.165, 1.54) is 14.2 Å². The molecule has 2 unspecified atom stereocenters.